The van der Waals surface area contributed by atoms with E-state index in [1.807, 2.05) is 6.92 Å². The van der Waals surface area contributed by atoms with Crippen molar-refractivity contribution in [3.63, 3.8) is 0 Å². The molecule has 2 fully saturated rings. The Hall–Kier alpha value is -2.18. The van der Waals surface area contributed by atoms with E-state index in [1.54, 1.807) is 0 Å². The molecule has 7 nitrogen and oxygen atoms in total. The minimum Gasteiger partial charge on any atom is -0.352 e. The summed E-state index contributed by atoms with van der Waals surface area (Å²) in [4.78, 5) is 34.2. The summed E-state index contributed by atoms with van der Waals surface area (Å²) in [5.41, 5.74) is -1.26. The predicted molar refractivity (Wildman–Crippen MR) is 83.9 cm³/mol. The van der Waals surface area contributed by atoms with Gasteiger partial charge in [0.2, 0.25) is 5.91 Å². The van der Waals surface area contributed by atoms with Gasteiger partial charge in [0.1, 0.15) is 6.54 Å². The van der Waals surface area contributed by atoms with Crippen molar-refractivity contribution >= 4 is 11.6 Å². The van der Waals surface area contributed by atoms with E-state index < -0.39 is 16.2 Å². The maximum Gasteiger partial charge on any atom is 0.334 e. The molecular weight excluding hydrogens is 298 g/mol. The van der Waals surface area contributed by atoms with Crippen molar-refractivity contribution in [1.82, 2.24) is 9.88 Å². The predicted octanol–water partition coefficient (Wildman–Crippen LogP) is 1.70. The molecule has 0 aromatic carbocycles. The van der Waals surface area contributed by atoms with Gasteiger partial charge in [0.25, 0.3) is 0 Å². The van der Waals surface area contributed by atoms with Crippen molar-refractivity contribution in [3.05, 3.63) is 38.8 Å². The molecular formula is C16H21N3O4. The molecule has 4 unspecified atom stereocenters. The topological polar surface area (TPSA) is 94.2 Å². The summed E-state index contributed by atoms with van der Waals surface area (Å²) in [6.07, 6.45) is 6.40. The lowest BCUT2D eigenvalue weighted by Gasteiger charge is -2.28. The number of carbonyl (C=O) groups is 1. The van der Waals surface area contributed by atoms with Gasteiger partial charge in [0, 0.05) is 18.3 Å². The van der Waals surface area contributed by atoms with Crippen LogP contribution in [0.3, 0.4) is 0 Å². The van der Waals surface area contributed by atoms with Gasteiger partial charge in [-0.15, -0.1) is 0 Å². The highest BCUT2D eigenvalue weighted by Crippen LogP contribution is 2.49. The SMILES string of the molecule is CC(NC(=O)Cn1cccc([N+](=O)[O-])c1=O)C1CC2CCC1C2. The first-order valence-corrected chi connectivity index (χ1v) is 8.09. The molecule has 2 saturated carbocycles. The molecule has 124 valence electrons. The van der Waals surface area contributed by atoms with E-state index in [0.29, 0.717) is 11.8 Å². The van der Waals surface area contributed by atoms with Crippen LogP contribution in [0.25, 0.3) is 0 Å². The molecule has 0 spiro atoms. The third-order valence-corrected chi connectivity index (χ3v) is 5.33. The number of fused-ring (bicyclic) bond motifs is 2. The Morgan fingerprint density at radius 3 is 2.87 bits per heavy atom. The number of amides is 1. The number of hydrogen-bond acceptors (Lipinski definition) is 4. The summed E-state index contributed by atoms with van der Waals surface area (Å²) in [6.45, 7) is 1.82. The van der Waals surface area contributed by atoms with Crippen molar-refractivity contribution < 1.29 is 9.72 Å². The van der Waals surface area contributed by atoms with Gasteiger partial charge in [-0.25, -0.2) is 0 Å². The highest BCUT2D eigenvalue weighted by molar-refractivity contribution is 5.76. The highest BCUT2D eigenvalue weighted by atomic mass is 16.6. The monoisotopic (exact) mass is 319 g/mol. The van der Waals surface area contributed by atoms with Crippen LogP contribution in [-0.2, 0) is 11.3 Å². The van der Waals surface area contributed by atoms with Crippen LogP contribution >= 0.6 is 0 Å². The molecule has 2 bridgehead atoms. The van der Waals surface area contributed by atoms with Crippen molar-refractivity contribution in [1.29, 1.82) is 0 Å². The Bertz CT molecular complexity index is 684. The minimum atomic E-state index is -0.750. The molecule has 1 aromatic rings. The third-order valence-electron chi connectivity index (χ3n) is 5.33. The molecule has 0 aliphatic heterocycles. The molecule has 23 heavy (non-hydrogen) atoms. The number of carbonyl (C=O) groups excluding carboxylic acids is 1. The fraction of sp³-hybridized carbons (Fsp3) is 0.625. The first kappa shape index (κ1) is 15.7. The second-order valence-corrected chi connectivity index (χ2v) is 6.78. The smallest absolute Gasteiger partial charge is 0.334 e. The lowest BCUT2D eigenvalue weighted by Crippen LogP contribution is -2.42. The molecule has 2 aliphatic carbocycles. The van der Waals surface area contributed by atoms with Crippen LogP contribution in [0.2, 0.25) is 0 Å². The third kappa shape index (κ3) is 3.13. The summed E-state index contributed by atoms with van der Waals surface area (Å²) in [5.74, 6) is 1.75. The summed E-state index contributed by atoms with van der Waals surface area (Å²) in [7, 11) is 0. The van der Waals surface area contributed by atoms with Gasteiger partial charge in [0.05, 0.1) is 4.92 Å². The van der Waals surface area contributed by atoms with Gasteiger partial charge in [-0.05, 0) is 50.0 Å². The lowest BCUT2D eigenvalue weighted by atomic mass is 9.84. The first-order valence-electron chi connectivity index (χ1n) is 8.09. The van der Waals surface area contributed by atoms with Crippen LogP contribution in [0, 0.1) is 27.9 Å². The van der Waals surface area contributed by atoms with Gasteiger partial charge in [0.15, 0.2) is 0 Å². The largest absolute Gasteiger partial charge is 0.352 e. The van der Waals surface area contributed by atoms with Gasteiger partial charge < -0.3 is 9.88 Å². The molecule has 4 atom stereocenters. The Kier molecular flexibility index (Phi) is 4.19. The van der Waals surface area contributed by atoms with Crippen LogP contribution in [0.5, 0.6) is 0 Å². The van der Waals surface area contributed by atoms with Crippen LogP contribution in [0.15, 0.2) is 23.1 Å². The summed E-state index contributed by atoms with van der Waals surface area (Å²) in [6, 6.07) is 2.63. The van der Waals surface area contributed by atoms with Crippen LogP contribution in [-0.4, -0.2) is 21.4 Å². The van der Waals surface area contributed by atoms with E-state index >= 15 is 0 Å². The van der Waals surface area contributed by atoms with Gasteiger partial charge in [-0.2, -0.15) is 0 Å². The molecule has 1 aromatic heterocycles. The molecule has 1 amide bonds. The average Bonchev–Trinajstić information content (AvgIpc) is 3.11. The fourth-order valence-electron chi connectivity index (χ4n) is 4.26. The van der Waals surface area contributed by atoms with E-state index in [-0.39, 0.29) is 18.5 Å². The Labute approximate surface area is 133 Å². The van der Waals surface area contributed by atoms with Crippen LogP contribution in [0.1, 0.15) is 32.6 Å². The second kappa shape index (κ2) is 6.14. The molecule has 1 heterocycles. The van der Waals surface area contributed by atoms with Crippen molar-refractivity contribution in [2.75, 3.05) is 0 Å². The number of pyridine rings is 1. The minimum absolute atomic E-state index is 0.0761. The maximum atomic E-state index is 12.2. The number of hydrogen-bond donors (Lipinski definition) is 1. The van der Waals surface area contributed by atoms with E-state index in [2.05, 4.69) is 5.32 Å². The van der Waals surface area contributed by atoms with Crippen molar-refractivity contribution in [2.24, 2.45) is 17.8 Å². The number of aromatic nitrogens is 1. The molecule has 3 rings (SSSR count). The zero-order valence-corrected chi connectivity index (χ0v) is 13.1. The van der Waals surface area contributed by atoms with Gasteiger partial charge in [-0.1, -0.05) is 6.42 Å². The number of rotatable bonds is 5. The quantitative estimate of drug-likeness (QED) is 0.660. The average molecular weight is 319 g/mol. The summed E-state index contributed by atoms with van der Waals surface area (Å²) in [5, 5.41) is 13.7. The maximum absolute atomic E-state index is 12.2. The van der Waals surface area contributed by atoms with E-state index in [9.17, 15) is 19.7 Å². The first-order chi connectivity index (χ1) is 11.0. The van der Waals surface area contributed by atoms with E-state index in [0.717, 1.165) is 16.6 Å². The second-order valence-electron chi connectivity index (χ2n) is 6.78. The van der Waals surface area contributed by atoms with Crippen molar-refractivity contribution in [2.45, 2.75) is 45.2 Å². The van der Waals surface area contributed by atoms with E-state index in [1.165, 1.54) is 37.9 Å². The summed E-state index contributed by atoms with van der Waals surface area (Å²) < 4.78 is 1.08. The standard InChI is InChI=1S/C16H21N3O4/c1-10(13-8-11-4-5-12(13)7-11)17-15(20)9-18-6-2-3-14(16(18)21)19(22)23/h2-3,6,10-13H,4-5,7-9H2,1H3,(H,17,20). The highest BCUT2D eigenvalue weighted by Gasteiger charge is 2.42. The molecule has 1 N–H and O–H groups in total. The molecule has 0 radical (unpaired) electrons. The zero-order chi connectivity index (χ0) is 16.6. The van der Waals surface area contributed by atoms with Crippen molar-refractivity contribution in [3.8, 4) is 0 Å². The lowest BCUT2D eigenvalue weighted by molar-refractivity contribution is -0.386. The Balaban J connectivity index is 1.62. The number of nitrogens with zero attached hydrogens (tertiary/aromatic N) is 2. The van der Waals surface area contributed by atoms with Crippen LogP contribution in [0.4, 0.5) is 5.69 Å². The molecule has 2 aliphatic rings. The fourth-order valence-corrected chi connectivity index (χ4v) is 4.26. The zero-order valence-electron chi connectivity index (χ0n) is 13.1. The molecule has 0 saturated heterocycles. The number of nitrogens with one attached hydrogen (secondary N) is 1. The number of nitro groups is 1. The summed E-state index contributed by atoms with van der Waals surface area (Å²) >= 11 is 0. The van der Waals surface area contributed by atoms with Gasteiger partial charge in [-0.3, -0.25) is 19.7 Å². The van der Waals surface area contributed by atoms with Gasteiger partial charge >= 0.3 is 11.2 Å². The Morgan fingerprint density at radius 1 is 1.48 bits per heavy atom. The molecule has 7 heteroatoms. The normalized spacial score (nSPS) is 26.9. The van der Waals surface area contributed by atoms with E-state index in [4.69, 9.17) is 0 Å². The Morgan fingerprint density at radius 2 is 2.26 bits per heavy atom. The van der Waals surface area contributed by atoms with Crippen LogP contribution < -0.4 is 10.9 Å².